The maximum absolute atomic E-state index is 2.94. The summed E-state index contributed by atoms with van der Waals surface area (Å²) in [6, 6.07) is 22.8. The Hall–Kier alpha value is 0.504. The summed E-state index contributed by atoms with van der Waals surface area (Å²) >= 11 is 5.88. The Morgan fingerprint density at radius 3 is 1.28 bits per heavy atom. The van der Waals surface area contributed by atoms with Gasteiger partial charge in [0.25, 0.3) is 0 Å². The summed E-state index contributed by atoms with van der Waals surface area (Å²) in [5.74, 6) is 3.62. The summed E-state index contributed by atoms with van der Waals surface area (Å²) in [4.78, 5) is 0. The van der Waals surface area contributed by atoms with Gasteiger partial charge < -0.3 is 0 Å². The van der Waals surface area contributed by atoms with Crippen LogP contribution in [0.4, 0.5) is 0 Å². The molecule has 0 aromatic heterocycles. The quantitative estimate of drug-likeness (QED) is 0.369. The van der Waals surface area contributed by atoms with Gasteiger partial charge >= 0.3 is 0 Å². The standard InChI is InChI=1S/C7H8.C6H5.2CH3Br.Y/c1-7-5-3-2-4-6-7;1-2-4-6-5-3-1;2*1-2;/h2-6H,1H3;1-5H;2*1H3;/q;-1;;;. The van der Waals surface area contributed by atoms with Crippen LogP contribution in [0.25, 0.3) is 0 Å². The summed E-state index contributed by atoms with van der Waals surface area (Å²) in [7, 11) is 0. The Kier molecular flexibility index (Phi) is 29.7. The molecule has 0 saturated carbocycles. The van der Waals surface area contributed by atoms with Gasteiger partial charge in [-0.25, -0.2) is 0 Å². The Morgan fingerprint density at radius 2 is 1.11 bits per heavy atom. The summed E-state index contributed by atoms with van der Waals surface area (Å²) in [5.41, 5.74) is 1.32. The topological polar surface area (TPSA) is 0 Å². The fourth-order valence-electron chi connectivity index (χ4n) is 0.876. The van der Waals surface area contributed by atoms with Crippen molar-refractivity contribution >= 4 is 31.9 Å². The molecule has 0 saturated heterocycles. The van der Waals surface area contributed by atoms with E-state index in [1.807, 2.05) is 60.2 Å². The molecule has 18 heavy (non-hydrogen) atoms. The van der Waals surface area contributed by atoms with E-state index in [4.69, 9.17) is 0 Å². The molecule has 0 aliphatic carbocycles. The summed E-state index contributed by atoms with van der Waals surface area (Å²) < 4.78 is 0. The van der Waals surface area contributed by atoms with Crippen molar-refractivity contribution in [1.29, 1.82) is 0 Å². The second kappa shape index (κ2) is 22.7. The molecule has 0 heterocycles. The molecule has 0 amide bonds. The number of aryl methyl sites for hydroxylation is 1. The van der Waals surface area contributed by atoms with Crippen LogP contribution in [0.2, 0.25) is 0 Å². The van der Waals surface area contributed by atoms with E-state index in [1.54, 1.807) is 0 Å². The molecule has 3 heteroatoms. The van der Waals surface area contributed by atoms with E-state index in [1.165, 1.54) is 5.56 Å². The zero-order valence-corrected chi connectivity index (χ0v) is 17.1. The van der Waals surface area contributed by atoms with E-state index in [-0.39, 0.29) is 32.7 Å². The van der Waals surface area contributed by atoms with Gasteiger partial charge in [-0.2, -0.15) is 36.4 Å². The minimum atomic E-state index is 0. The monoisotopic (exact) mass is 446 g/mol. The third kappa shape index (κ3) is 18.9. The third-order valence-electron chi connectivity index (χ3n) is 1.55. The van der Waals surface area contributed by atoms with Crippen molar-refractivity contribution in [1.82, 2.24) is 0 Å². The van der Waals surface area contributed by atoms with Crippen LogP contribution in [-0.2, 0) is 32.7 Å². The fourth-order valence-corrected chi connectivity index (χ4v) is 0.876. The smallest absolute Gasteiger partial charge is 0 e. The summed E-state index contributed by atoms with van der Waals surface area (Å²) in [5, 5.41) is 0. The zero-order valence-electron chi connectivity index (χ0n) is 11.1. The van der Waals surface area contributed by atoms with Crippen molar-refractivity contribution in [3.05, 3.63) is 72.3 Å². The molecule has 0 aliphatic rings. The maximum atomic E-state index is 2.94. The van der Waals surface area contributed by atoms with E-state index in [0.29, 0.717) is 0 Å². The predicted molar refractivity (Wildman–Crippen MR) is 86.2 cm³/mol. The van der Waals surface area contributed by atoms with Gasteiger partial charge in [0, 0.05) is 32.7 Å². The molecule has 97 valence electrons. The fraction of sp³-hybridized carbons (Fsp3) is 0.200. The first-order valence-corrected chi connectivity index (χ1v) is 8.25. The van der Waals surface area contributed by atoms with E-state index < -0.39 is 0 Å². The molecule has 0 aliphatic heterocycles. The van der Waals surface area contributed by atoms with Crippen LogP contribution in [0, 0.1) is 13.0 Å². The molecular formula is C15H19Br2Y-. The van der Waals surface area contributed by atoms with Crippen LogP contribution in [0.5, 0.6) is 0 Å². The van der Waals surface area contributed by atoms with Gasteiger partial charge in [-0.3, -0.25) is 0 Å². The van der Waals surface area contributed by atoms with E-state index >= 15 is 0 Å². The van der Waals surface area contributed by atoms with Crippen molar-refractivity contribution in [2.75, 3.05) is 11.7 Å². The van der Waals surface area contributed by atoms with Gasteiger partial charge in [0.15, 0.2) is 0 Å². The van der Waals surface area contributed by atoms with Crippen LogP contribution in [-0.4, -0.2) is 11.7 Å². The molecule has 0 fully saturated rings. The number of halogens is 2. The van der Waals surface area contributed by atoms with Gasteiger partial charge in [0.1, 0.15) is 0 Å². The Balaban J connectivity index is -0.000000189. The average molecular weight is 448 g/mol. The van der Waals surface area contributed by atoms with Crippen molar-refractivity contribution in [3.63, 3.8) is 0 Å². The van der Waals surface area contributed by atoms with Crippen LogP contribution >= 0.6 is 31.9 Å². The van der Waals surface area contributed by atoms with Gasteiger partial charge in [-0.05, 0) is 18.6 Å². The Labute approximate surface area is 154 Å². The molecule has 0 N–H and O–H groups in total. The van der Waals surface area contributed by atoms with Gasteiger partial charge in [-0.1, -0.05) is 67.8 Å². The molecule has 2 aromatic rings. The van der Waals surface area contributed by atoms with Gasteiger partial charge in [0.2, 0.25) is 0 Å². The largest absolute Gasteiger partial charge is 0.184 e. The first kappa shape index (κ1) is 23.6. The van der Waals surface area contributed by atoms with Crippen LogP contribution in [0.3, 0.4) is 0 Å². The van der Waals surface area contributed by atoms with Gasteiger partial charge in [0.05, 0.1) is 0 Å². The molecule has 0 bridgehead atoms. The summed E-state index contributed by atoms with van der Waals surface area (Å²) in [6.07, 6.45) is 0. The minimum Gasteiger partial charge on any atom is -0.184 e. The van der Waals surface area contributed by atoms with Crippen molar-refractivity contribution < 1.29 is 32.7 Å². The molecule has 1 radical (unpaired) electrons. The number of benzene rings is 2. The number of hydrogen-bond donors (Lipinski definition) is 0. The average Bonchev–Trinajstić information content (AvgIpc) is 2.47. The second-order valence-corrected chi connectivity index (χ2v) is 2.73. The summed E-state index contributed by atoms with van der Waals surface area (Å²) in [6.45, 7) is 2.08. The number of rotatable bonds is 0. The number of hydrogen-bond acceptors (Lipinski definition) is 0. The third-order valence-corrected chi connectivity index (χ3v) is 1.55. The van der Waals surface area contributed by atoms with Crippen LogP contribution < -0.4 is 0 Å². The molecule has 0 spiro atoms. The predicted octanol–water partition coefficient (Wildman–Crippen LogP) is 5.50. The Morgan fingerprint density at radius 1 is 0.722 bits per heavy atom. The minimum absolute atomic E-state index is 0. The van der Waals surface area contributed by atoms with Crippen molar-refractivity contribution in [2.24, 2.45) is 0 Å². The number of alkyl halides is 2. The molecule has 0 nitrogen and oxygen atoms in total. The second-order valence-electron chi connectivity index (χ2n) is 2.73. The van der Waals surface area contributed by atoms with Crippen molar-refractivity contribution in [2.45, 2.75) is 6.92 Å². The molecule has 0 unspecified atom stereocenters. The van der Waals surface area contributed by atoms with Crippen LogP contribution in [0.1, 0.15) is 5.56 Å². The maximum Gasteiger partial charge on any atom is 0 e. The SMILES string of the molecule is CBr.CBr.Cc1ccccc1.[Y].[c-]1ccccc1. The molecule has 0 atom stereocenters. The van der Waals surface area contributed by atoms with E-state index in [0.717, 1.165) is 0 Å². The zero-order chi connectivity index (χ0) is 13.4. The first-order valence-electron chi connectivity index (χ1n) is 5.08. The molecule has 2 aromatic carbocycles. The van der Waals surface area contributed by atoms with Crippen LogP contribution in [0.15, 0.2) is 60.7 Å². The molecule has 2 rings (SSSR count). The first-order chi connectivity index (χ1) is 8.39. The van der Waals surface area contributed by atoms with E-state index in [2.05, 4.69) is 57.0 Å². The normalized spacial score (nSPS) is 6.72. The van der Waals surface area contributed by atoms with Crippen molar-refractivity contribution in [3.8, 4) is 0 Å². The van der Waals surface area contributed by atoms with Gasteiger partial charge in [-0.15, -0.1) is 0 Å². The van der Waals surface area contributed by atoms with E-state index in [9.17, 15) is 0 Å². The Bertz CT molecular complexity index is 285. The molecular weight excluding hydrogens is 429 g/mol.